The van der Waals surface area contributed by atoms with Gasteiger partial charge in [0.2, 0.25) is 0 Å². The van der Waals surface area contributed by atoms with E-state index in [1.54, 1.807) is 6.07 Å². The van der Waals surface area contributed by atoms with Crippen LogP contribution in [0.2, 0.25) is 0 Å². The van der Waals surface area contributed by atoms with Crippen LogP contribution in [0.5, 0.6) is 0 Å². The van der Waals surface area contributed by atoms with Crippen molar-refractivity contribution in [1.29, 1.82) is 0 Å². The van der Waals surface area contributed by atoms with Crippen LogP contribution >= 0.6 is 0 Å². The van der Waals surface area contributed by atoms with Crippen molar-refractivity contribution in [1.82, 2.24) is 4.90 Å². The highest BCUT2D eigenvalue weighted by Crippen LogP contribution is 2.11. The molecule has 72 valence electrons. The Kier molecular flexibility index (Phi) is 3.43. The summed E-state index contributed by atoms with van der Waals surface area (Å²) in [6.07, 6.45) is 0.758. The minimum Gasteiger partial charge on any atom is -0.305 e. The average molecular weight is 181 g/mol. The number of nitrogens with zero attached hydrogens (tertiary/aromatic N) is 1. The van der Waals surface area contributed by atoms with Crippen molar-refractivity contribution in [2.24, 2.45) is 0 Å². The van der Waals surface area contributed by atoms with Crippen molar-refractivity contribution in [3.05, 3.63) is 35.1 Å². The van der Waals surface area contributed by atoms with Crippen LogP contribution in [0.25, 0.3) is 0 Å². The number of hydrogen-bond acceptors (Lipinski definition) is 1. The van der Waals surface area contributed by atoms with Gasteiger partial charge in [-0.2, -0.15) is 0 Å². The van der Waals surface area contributed by atoms with Crippen molar-refractivity contribution >= 4 is 0 Å². The molecule has 0 saturated carbocycles. The number of rotatable bonds is 3. The summed E-state index contributed by atoms with van der Waals surface area (Å²) in [5.74, 6) is -0.0816. The maximum Gasteiger partial charge on any atom is 0.126 e. The Hall–Kier alpha value is -0.890. The van der Waals surface area contributed by atoms with Crippen LogP contribution in [0.15, 0.2) is 18.2 Å². The van der Waals surface area contributed by atoms with Gasteiger partial charge in [0.15, 0.2) is 0 Å². The topological polar surface area (TPSA) is 3.24 Å². The Morgan fingerprint density at radius 1 is 1.31 bits per heavy atom. The molecule has 0 radical (unpaired) electrons. The molecule has 2 heteroatoms. The van der Waals surface area contributed by atoms with Crippen LogP contribution in [0.1, 0.15) is 18.1 Å². The molecular formula is C11H16FN. The third-order valence-electron chi connectivity index (χ3n) is 2.00. The number of aryl methyl sites for hydroxylation is 1. The summed E-state index contributed by atoms with van der Waals surface area (Å²) in [4.78, 5) is 2.03. The molecule has 1 rings (SSSR count). The smallest absolute Gasteiger partial charge is 0.126 e. The molecule has 0 saturated heterocycles. The summed E-state index contributed by atoms with van der Waals surface area (Å²) in [6, 6.07) is 5.48. The molecule has 0 amide bonds. The molecule has 0 aliphatic carbocycles. The quantitative estimate of drug-likeness (QED) is 0.692. The summed E-state index contributed by atoms with van der Waals surface area (Å²) < 4.78 is 13.3. The van der Waals surface area contributed by atoms with Crippen LogP contribution in [0, 0.1) is 5.82 Å². The summed E-state index contributed by atoms with van der Waals surface area (Å²) in [5, 5.41) is 0. The van der Waals surface area contributed by atoms with E-state index in [1.165, 1.54) is 0 Å². The zero-order chi connectivity index (χ0) is 9.84. The molecule has 0 N–H and O–H groups in total. The SMILES string of the molecule is CCc1ccc(CN(C)C)cc1F. The minimum absolute atomic E-state index is 0.0816. The van der Waals surface area contributed by atoms with Crippen LogP contribution < -0.4 is 0 Å². The Bertz CT molecular complexity index is 281. The zero-order valence-corrected chi connectivity index (χ0v) is 8.47. The second kappa shape index (κ2) is 4.38. The Labute approximate surface area is 79.2 Å². The van der Waals surface area contributed by atoms with Crippen molar-refractivity contribution in [2.75, 3.05) is 14.1 Å². The van der Waals surface area contributed by atoms with Gasteiger partial charge in [-0.05, 0) is 37.7 Å². The average Bonchev–Trinajstić information content (AvgIpc) is 2.03. The molecule has 0 aliphatic rings. The molecule has 1 nitrogen and oxygen atoms in total. The molecule has 0 bridgehead atoms. The Balaban J connectivity index is 2.83. The van der Waals surface area contributed by atoms with Crippen molar-refractivity contribution in [2.45, 2.75) is 19.9 Å². The number of halogens is 1. The van der Waals surface area contributed by atoms with E-state index >= 15 is 0 Å². The fourth-order valence-electron chi connectivity index (χ4n) is 1.34. The molecule has 13 heavy (non-hydrogen) atoms. The minimum atomic E-state index is -0.0816. The van der Waals surface area contributed by atoms with E-state index in [1.807, 2.05) is 38.1 Å². The van der Waals surface area contributed by atoms with Crippen LogP contribution in [0.4, 0.5) is 4.39 Å². The molecule has 0 atom stereocenters. The van der Waals surface area contributed by atoms with Crippen molar-refractivity contribution in [3.8, 4) is 0 Å². The zero-order valence-electron chi connectivity index (χ0n) is 8.47. The molecule has 0 fully saturated rings. The Morgan fingerprint density at radius 3 is 2.46 bits per heavy atom. The fourth-order valence-corrected chi connectivity index (χ4v) is 1.34. The van der Waals surface area contributed by atoms with E-state index < -0.39 is 0 Å². The fraction of sp³-hybridized carbons (Fsp3) is 0.455. The van der Waals surface area contributed by atoms with E-state index in [-0.39, 0.29) is 5.82 Å². The lowest BCUT2D eigenvalue weighted by Crippen LogP contribution is -2.10. The monoisotopic (exact) mass is 181 g/mol. The number of benzene rings is 1. The highest BCUT2D eigenvalue weighted by atomic mass is 19.1. The third kappa shape index (κ3) is 2.81. The van der Waals surface area contributed by atoms with Gasteiger partial charge in [0.25, 0.3) is 0 Å². The maximum atomic E-state index is 13.3. The van der Waals surface area contributed by atoms with Gasteiger partial charge < -0.3 is 4.90 Å². The molecule has 1 aromatic rings. The normalized spacial score (nSPS) is 10.8. The third-order valence-corrected chi connectivity index (χ3v) is 2.00. The van der Waals surface area contributed by atoms with E-state index in [9.17, 15) is 4.39 Å². The summed E-state index contributed by atoms with van der Waals surface area (Å²) in [6.45, 7) is 2.75. The highest BCUT2D eigenvalue weighted by molar-refractivity contribution is 5.24. The standard InChI is InChI=1S/C11H16FN/c1-4-10-6-5-9(7-11(10)12)8-13(2)3/h5-7H,4,8H2,1-3H3. The van der Waals surface area contributed by atoms with Gasteiger partial charge in [-0.15, -0.1) is 0 Å². The van der Waals surface area contributed by atoms with Crippen LogP contribution in [0.3, 0.4) is 0 Å². The van der Waals surface area contributed by atoms with Gasteiger partial charge in [0.05, 0.1) is 0 Å². The second-order valence-electron chi connectivity index (χ2n) is 3.52. The molecule has 0 unspecified atom stereocenters. The van der Waals surface area contributed by atoms with E-state index in [0.29, 0.717) is 0 Å². The maximum absolute atomic E-state index is 13.3. The van der Waals surface area contributed by atoms with E-state index in [2.05, 4.69) is 0 Å². The molecular weight excluding hydrogens is 165 g/mol. The van der Waals surface area contributed by atoms with Crippen molar-refractivity contribution < 1.29 is 4.39 Å². The Morgan fingerprint density at radius 2 is 2.00 bits per heavy atom. The molecule has 0 heterocycles. The summed E-state index contributed by atoms with van der Waals surface area (Å²) in [7, 11) is 3.96. The summed E-state index contributed by atoms with van der Waals surface area (Å²) in [5.41, 5.74) is 1.82. The van der Waals surface area contributed by atoms with Gasteiger partial charge in [0, 0.05) is 6.54 Å². The first-order valence-electron chi connectivity index (χ1n) is 4.55. The van der Waals surface area contributed by atoms with E-state index in [0.717, 1.165) is 24.1 Å². The lowest BCUT2D eigenvalue weighted by molar-refractivity contribution is 0.401. The van der Waals surface area contributed by atoms with Gasteiger partial charge in [-0.25, -0.2) is 4.39 Å². The lowest BCUT2D eigenvalue weighted by atomic mass is 10.1. The van der Waals surface area contributed by atoms with Crippen molar-refractivity contribution in [3.63, 3.8) is 0 Å². The molecule has 0 spiro atoms. The first-order valence-corrected chi connectivity index (χ1v) is 4.55. The largest absolute Gasteiger partial charge is 0.305 e. The van der Waals surface area contributed by atoms with E-state index in [4.69, 9.17) is 0 Å². The predicted molar refractivity (Wildman–Crippen MR) is 53.2 cm³/mol. The van der Waals surface area contributed by atoms with Gasteiger partial charge in [0.1, 0.15) is 5.82 Å². The predicted octanol–water partition coefficient (Wildman–Crippen LogP) is 2.45. The first-order chi connectivity index (χ1) is 6.13. The first kappa shape index (κ1) is 10.2. The van der Waals surface area contributed by atoms with Gasteiger partial charge in [-0.1, -0.05) is 19.1 Å². The molecule has 0 aliphatic heterocycles. The number of hydrogen-bond donors (Lipinski definition) is 0. The van der Waals surface area contributed by atoms with Crippen LogP contribution in [-0.2, 0) is 13.0 Å². The molecule has 1 aromatic carbocycles. The summed E-state index contributed by atoms with van der Waals surface area (Å²) >= 11 is 0. The second-order valence-corrected chi connectivity index (χ2v) is 3.52. The highest BCUT2D eigenvalue weighted by Gasteiger charge is 2.01. The van der Waals surface area contributed by atoms with Gasteiger partial charge in [-0.3, -0.25) is 0 Å². The molecule has 0 aromatic heterocycles. The lowest BCUT2D eigenvalue weighted by Gasteiger charge is -2.10. The van der Waals surface area contributed by atoms with Gasteiger partial charge >= 0.3 is 0 Å². The van der Waals surface area contributed by atoms with Crippen LogP contribution in [-0.4, -0.2) is 19.0 Å².